The molecule has 0 aromatic heterocycles. The fourth-order valence-electron chi connectivity index (χ4n) is 3.23. The zero-order valence-electron chi connectivity index (χ0n) is 16.4. The largest absolute Gasteiger partial charge is 0.445 e. The number of likely N-dealkylation sites (tertiary alicyclic amines) is 1. The molecule has 1 atom stereocenters. The van der Waals surface area contributed by atoms with Crippen molar-refractivity contribution in [2.75, 3.05) is 19.7 Å². The molecule has 7 nitrogen and oxygen atoms in total. The van der Waals surface area contributed by atoms with Crippen molar-refractivity contribution >= 4 is 12.2 Å². The number of rotatable bonds is 7. The quantitative estimate of drug-likeness (QED) is 0.761. The van der Waals surface area contributed by atoms with E-state index in [1.807, 2.05) is 51.1 Å². The summed E-state index contributed by atoms with van der Waals surface area (Å²) in [5.74, 6) is 0. The highest BCUT2D eigenvalue weighted by molar-refractivity contribution is 5.71. The second-order valence-corrected chi connectivity index (χ2v) is 7.67. The minimum Gasteiger partial charge on any atom is -0.445 e. The Morgan fingerprint density at radius 2 is 2.00 bits per heavy atom. The molecule has 0 aliphatic carbocycles. The Morgan fingerprint density at radius 1 is 1.30 bits per heavy atom. The Kier molecular flexibility index (Phi) is 7.07. The van der Waals surface area contributed by atoms with E-state index in [4.69, 9.17) is 9.47 Å². The van der Waals surface area contributed by atoms with Gasteiger partial charge < -0.3 is 24.8 Å². The van der Waals surface area contributed by atoms with Crippen LogP contribution in [-0.2, 0) is 16.1 Å². The fraction of sp³-hybridized carbons (Fsp3) is 0.600. The topological polar surface area (TPSA) is 88.1 Å². The highest BCUT2D eigenvalue weighted by atomic mass is 16.6. The van der Waals surface area contributed by atoms with Crippen LogP contribution in [0.25, 0.3) is 0 Å². The van der Waals surface area contributed by atoms with Gasteiger partial charge in [0.25, 0.3) is 0 Å². The van der Waals surface area contributed by atoms with Gasteiger partial charge in [-0.05, 0) is 32.3 Å². The lowest BCUT2D eigenvalue weighted by atomic mass is 10.0. The van der Waals surface area contributed by atoms with Crippen molar-refractivity contribution < 1.29 is 24.2 Å². The summed E-state index contributed by atoms with van der Waals surface area (Å²) >= 11 is 0. The van der Waals surface area contributed by atoms with Crippen LogP contribution in [0.4, 0.5) is 9.59 Å². The summed E-state index contributed by atoms with van der Waals surface area (Å²) in [4.78, 5) is 26.1. The molecule has 0 radical (unpaired) electrons. The molecule has 1 aromatic carbocycles. The molecule has 1 fully saturated rings. The van der Waals surface area contributed by atoms with E-state index in [1.54, 1.807) is 0 Å². The second-order valence-electron chi connectivity index (χ2n) is 7.67. The molecule has 2 rings (SSSR count). The molecule has 1 heterocycles. The first kappa shape index (κ1) is 21.0. The molecule has 7 heteroatoms. The third kappa shape index (κ3) is 6.13. The molecular weight excluding hydrogens is 348 g/mol. The van der Waals surface area contributed by atoms with E-state index in [9.17, 15) is 14.7 Å². The maximum absolute atomic E-state index is 12.4. The number of nitrogens with one attached hydrogen (secondary N) is 1. The van der Waals surface area contributed by atoms with Crippen molar-refractivity contribution in [2.45, 2.75) is 57.8 Å². The maximum Gasteiger partial charge on any atom is 0.410 e. The van der Waals surface area contributed by atoms with Gasteiger partial charge in [0, 0.05) is 13.1 Å². The van der Waals surface area contributed by atoms with Gasteiger partial charge in [0.05, 0.1) is 12.1 Å². The first-order valence-electron chi connectivity index (χ1n) is 9.37. The van der Waals surface area contributed by atoms with Gasteiger partial charge in [-0.3, -0.25) is 0 Å². The summed E-state index contributed by atoms with van der Waals surface area (Å²) in [5, 5.41) is 12.5. The fourth-order valence-corrected chi connectivity index (χ4v) is 3.23. The van der Waals surface area contributed by atoms with Gasteiger partial charge in [-0.25, -0.2) is 9.59 Å². The highest BCUT2D eigenvalue weighted by Crippen LogP contribution is 2.25. The van der Waals surface area contributed by atoms with Crippen molar-refractivity contribution in [1.29, 1.82) is 0 Å². The molecule has 1 aliphatic rings. The van der Waals surface area contributed by atoms with Crippen molar-refractivity contribution in [3.05, 3.63) is 35.9 Å². The number of amides is 2. The van der Waals surface area contributed by atoms with Crippen molar-refractivity contribution in [3.8, 4) is 0 Å². The monoisotopic (exact) mass is 378 g/mol. The average molecular weight is 378 g/mol. The van der Waals surface area contributed by atoms with Crippen molar-refractivity contribution in [2.24, 2.45) is 0 Å². The molecule has 1 aliphatic heterocycles. The summed E-state index contributed by atoms with van der Waals surface area (Å²) in [6.07, 6.45) is 1.07. The van der Waals surface area contributed by atoms with Crippen LogP contribution in [0.3, 0.4) is 0 Å². The van der Waals surface area contributed by atoms with Gasteiger partial charge in [0.1, 0.15) is 12.2 Å². The van der Waals surface area contributed by atoms with Crippen LogP contribution in [0.2, 0.25) is 0 Å². The van der Waals surface area contributed by atoms with Gasteiger partial charge in [0.15, 0.2) is 0 Å². The summed E-state index contributed by atoms with van der Waals surface area (Å²) in [5.41, 5.74) is -0.583. The Hall–Kier alpha value is -2.28. The van der Waals surface area contributed by atoms with Crippen LogP contribution < -0.4 is 5.32 Å². The lowest BCUT2D eigenvalue weighted by Crippen LogP contribution is -2.54. The smallest absolute Gasteiger partial charge is 0.410 e. The van der Waals surface area contributed by atoms with Gasteiger partial charge in [0.2, 0.25) is 0 Å². The minimum atomic E-state index is -0.915. The van der Waals surface area contributed by atoms with E-state index in [2.05, 4.69) is 5.32 Å². The van der Waals surface area contributed by atoms with Crippen LogP contribution in [0.5, 0.6) is 0 Å². The van der Waals surface area contributed by atoms with Crippen LogP contribution in [0, 0.1) is 0 Å². The lowest BCUT2D eigenvalue weighted by Gasteiger charge is -2.30. The molecule has 27 heavy (non-hydrogen) atoms. The van der Waals surface area contributed by atoms with Crippen LogP contribution in [0.15, 0.2) is 30.3 Å². The lowest BCUT2D eigenvalue weighted by molar-refractivity contribution is 0.00988. The van der Waals surface area contributed by atoms with Gasteiger partial charge >= 0.3 is 12.2 Å². The highest BCUT2D eigenvalue weighted by Gasteiger charge is 2.42. The van der Waals surface area contributed by atoms with E-state index < -0.39 is 23.3 Å². The van der Waals surface area contributed by atoms with E-state index in [0.29, 0.717) is 13.0 Å². The summed E-state index contributed by atoms with van der Waals surface area (Å²) < 4.78 is 10.8. The molecule has 2 N–H and O–H groups in total. The maximum atomic E-state index is 12.4. The van der Waals surface area contributed by atoms with E-state index >= 15 is 0 Å². The predicted molar refractivity (Wildman–Crippen MR) is 101 cm³/mol. The number of carbonyl (C=O) groups is 2. The van der Waals surface area contributed by atoms with Crippen molar-refractivity contribution in [1.82, 2.24) is 10.2 Å². The number of benzene rings is 1. The number of nitrogens with zero attached hydrogens (tertiary/aromatic N) is 1. The molecule has 0 bridgehead atoms. The molecular formula is C20H30N2O5. The van der Waals surface area contributed by atoms with E-state index in [1.165, 1.54) is 4.90 Å². The van der Waals surface area contributed by atoms with Crippen LogP contribution >= 0.6 is 0 Å². The number of ether oxygens (including phenoxy) is 2. The third-order valence-corrected chi connectivity index (χ3v) is 4.71. The third-order valence-electron chi connectivity index (χ3n) is 4.71. The SMILES string of the molecule is CCCC(C)(C)OC(=O)N1CC[C@](CO)(NC(=O)OCc2ccccc2)C1. The number of hydrogen-bond donors (Lipinski definition) is 2. The number of aliphatic hydroxyl groups is 1. The number of alkyl carbamates (subject to hydrolysis) is 1. The zero-order chi connectivity index (χ0) is 19.9. The Labute approximate surface area is 160 Å². The second kappa shape index (κ2) is 9.08. The molecule has 150 valence electrons. The summed E-state index contributed by atoms with van der Waals surface area (Å²) in [7, 11) is 0. The molecule has 0 unspecified atom stereocenters. The van der Waals surface area contributed by atoms with Gasteiger partial charge in [-0.1, -0.05) is 43.7 Å². The first-order valence-corrected chi connectivity index (χ1v) is 9.37. The van der Waals surface area contributed by atoms with Gasteiger partial charge in [-0.2, -0.15) is 0 Å². The molecule has 1 aromatic rings. The number of aliphatic hydroxyl groups excluding tert-OH is 1. The molecule has 0 spiro atoms. The zero-order valence-corrected chi connectivity index (χ0v) is 16.4. The normalized spacial score (nSPS) is 19.6. The van der Waals surface area contributed by atoms with Gasteiger partial charge in [-0.15, -0.1) is 0 Å². The van der Waals surface area contributed by atoms with E-state index in [0.717, 1.165) is 18.4 Å². The Morgan fingerprint density at radius 3 is 2.63 bits per heavy atom. The number of carbonyl (C=O) groups excluding carboxylic acids is 2. The molecule has 0 saturated carbocycles. The molecule has 2 amide bonds. The Balaban J connectivity index is 1.88. The summed E-state index contributed by atoms with van der Waals surface area (Å²) in [6, 6.07) is 9.35. The first-order chi connectivity index (χ1) is 12.8. The standard InChI is InChI=1S/C20H30N2O5/c1-4-10-19(2,3)27-18(25)22-12-11-20(14-22,15-23)21-17(24)26-13-16-8-6-5-7-9-16/h5-9,23H,4,10-15H2,1-3H3,(H,21,24)/t20-/m0/s1. The Bertz CT molecular complexity index is 635. The van der Waals surface area contributed by atoms with Crippen LogP contribution in [-0.4, -0.2) is 53.0 Å². The average Bonchev–Trinajstić information content (AvgIpc) is 3.05. The van der Waals surface area contributed by atoms with Crippen LogP contribution in [0.1, 0.15) is 45.6 Å². The minimum absolute atomic E-state index is 0.144. The predicted octanol–water partition coefficient (Wildman–Crippen LogP) is 3.06. The molecule has 1 saturated heterocycles. The van der Waals surface area contributed by atoms with E-state index in [-0.39, 0.29) is 19.8 Å². The van der Waals surface area contributed by atoms with Crippen molar-refractivity contribution in [3.63, 3.8) is 0 Å². The number of hydrogen-bond acceptors (Lipinski definition) is 5. The summed E-state index contributed by atoms with van der Waals surface area (Å²) in [6.45, 7) is 6.24.